The summed E-state index contributed by atoms with van der Waals surface area (Å²) in [6.45, 7) is 5.98. The van der Waals surface area contributed by atoms with Crippen LogP contribution in [0.4, 0.5) is 21.9 Å². The lowest BCUT2D eigenvalue weighted by Gasteiger charge is -2.20. The number of carbonyl (C=O) groups is 4. The molecule has 0 fully saturated rings. The Kier molecular flexibility index (Phi) is 15.1. The third-order valence-electron chi connectivity index (χ3n) is 5.78. The molecular weight excluding hydrogens is 542 g/mol. The number of hydrogen-bond donors (Lipinski definition) is 4. The van der Waals surface area contributed by atoms with Gasteiger partial charge in [0.05, 0.1) is 11.4 Å². The van der Waals surface area contributed by atoms with Gasteiger partial charge in [0.25, 0.3) is 5.91 Å². The molecule has 2 aromatic rings. The Morgan fingerprint density at radius 3 is 1.76 bits per heavy atom. The Bertz CT molecular complexity index is 1150. The van der Waals surface area contributed by atoms with E-state index in [9.17, 15) is 19.2 Å². The molecule has 2 aromatic carbocycles. The monoisotopic (exact) mass is 585 g/mol. The first-order valence-corrected chi connectivity index (χ1v) is 14.2. The van der Waals surface area contributed by atoms with Crippen molar-refractivity contribution >= 4 is 40.9 Å². The third-order valence-corrected chi connectivity index (χ3v) is 5.78. The van der Waals surface area contributed by atoms with E-state index in [1.54, 1.807) is 69.3 Å². The minimum atomic E-state index is -0.943. The number of rotatable bonds is 18. The summed E-state index contributed by atoms with van der Waals surface area (Å²) in [7, 11) is 0. The van der Waals surface area contributed by atoms with Gasteiger partial charge < -0.3 is 30.0 Å². The molecule has 0 aliphatic rings. The minimum Gasteiger partial charge on any atom is -0.480 e. The van der Waals surface area contributed by atoms with E-state index in [-0.39, 0.29) is 25.0 Å². The van der Waals surface area contributed by atoms with Gasteiger partial charge in [-0.05, 0) is 70.0 Å². The number of carbonyl (C=O) groups excluding carboxylic acids is 3. The molecule has 3 amide bonds. The summed E-state index contributed by atoms with van der Waals surface area (Å²) in [6, 6.07) is 13.3. The van der Waals surface area contributed by atoms with Crippen LogP contribution in [-0.4, -0.2) is 61.0 Å². The van der Waals surface area contributed by atoms with Gasteiger partial charge in [-0.1, -0.05) is 44.2 Å². The number of nitrogens with one attached hydrogen (secondary N) is 3. The van der Waals surface area contributed by atoms with Gasteiger partial charge in [0.2, 0.25) is 5.91 Å². The van der Waals surface area contributed by atoms with Gasteiger partial charge in [0.1, 0.15) is 18.8 Å². The zero-order valence-electron chi connectivity index (χ0n) is 24.7. The van der Waals surface area contributed by atoms with Crippen molar-refractivity contribution in [1.82, 2.24) is 0 Å². The lowest BCUT2D eigenvalue weighted by molar-refractivity contribution is -0.142. The predicted octanol–water partition coefficient (Wildman–Crippen LogP) is 6.07. The van der Waals surface area contributed by atoms with Crippen LogP contribution in [0.5, 0.6) is 0 Å². The van der Waals surface area contributed by atoms with Gasteiger partial charge in [0, 0.05) is 24.5 Å². The molecule has 0 atom stereocenters. The highest BCUT2D eigenvalue weighted by atomic mass is 16.6. The Balaban J connectivity index is 1.64. The average Bonchev–Trinajstić information content (AvgIpc) is 2.91. The molecule has 0 heterocycles. The van der Waals surface area contributed by atoms with Crippen molar-refractivity contribution in [2.75, 3.05) is 42.4 Å². The van der Waals surface area contributed by atoms with Crippen LogP contribution in [0.15, 0.2) is 48.5 Å². The van der Waals surface area contributed by atoms with Crippen LogP contribution in [-0.2, 0) is 23.8 Å². The van der Waals surface area contributed by atoms with E-state index in [0.29, 0.717) is 35.8 Å². The molecule has 2 rings (SSSR count). The first-order chi connectivity index (χ1) is 20.0. The number of aliphatic carboxylic acids is 1. The lowest BCUT2D eigenvalue weighted by Crippen LogP contribution is -2.27. The van der Waals surface area contributed by atoms with Crippen molar-refractivity contribution in [1.29, 1.82) is 0 Å². The molecule has 0 bridgehead atoms. The lowest BCUT2D eigenvalue weighted by atomic mass is 10.1. The van der Waals surface area contributed by atoms with Crippen molar-refractivity contribution in [2.24, 2.45) is 0 Å². The first kappa shape index (κ1) is 34.2. The molecular formula is C31H43N3O8. The van der Waals surface area contributed by atoms with Gasteiger partial charge in [0.15, 0.2) is 0 Å². The Morgan fingerprint density at radius 1 is 0.690 bits per heavy atom. The molecule has 0 radical (unpaired) electrons. The average molecular weight is 586 g/mol. The number of para-hydroxylation sites is 2. The van der Waals surface area contributed by atoms with Crippen molar-refractivity contribution < 1.29 is 38.5 Å². The van der Waals surface area contributed by atoms with Crippen LogP contribution in [0.25, 0.3) is 0 Å². The molecule has 230 valence electrons. The van der Waals surface area contributed by atoms with E-state index < -0.39 is 17.7 Å². The van der Waals surface area contributed by atoms with Gasteiger partial charge in [-0.15, -0.1) is 0 Å². The normalized spacial score (nSPS) is 11.0. The minimum absolute atomic E-state index is 0.0555. The summed E-state index contributed by atoms with van der Waals surface area (Å²) < 4.78 is 15.8. The SMILES string of the molecule is CC(C)(C)OC(=O)Nc1ccccc1NC(=O)c1ccc(NC(=O)COCCCCCCCCCOCC(=O)O)cc1. The number of carboxylic acids is 1. The summed E-state index contributed by atoms with van der Waals surface area (Å²) in [5.74, 6) is -1.60. The fraction of sp³-hybridized carbons (Fsp3) is 0.484. The number of anilines is 3. The fourth-order valence-electron chi connectivity index (χ4n) is 3.83. The maximum atomic E-state index is 12.8. The van der Waals surface area contributed by atoms with E-state index in [1.807, 2.05) is 0 Å². The summed E-state index contributed by atoms with van der Waals surface area (Å²) >= 11 is 0. The molecule has 0 saturated heterocycles. The third kappa shape index (κ3) is 15.2. The van der Waals surface area contributed by atoms with Crippen LogP contribution in [0.3, 0.4) is 0 Å². The second-order valence-corrected chi connectivity index (χ2v) is 10.7. The fourth-order valence-corrected chi connectivity index (χ4v) is 3.83. The highest BCUT2D eigenvalue weighted by Gasteiger charge is 2.18. The number of unbranched alkanes of at least 4 members (excludes halogenated alkanes) is 6. The van der Waals surface area contributed by atoms with E-state index in [0.717, 1.165) is 44.9 Å². The molecule has 0 spiro atoms. The van der Waals surface area contributed by atoms with E-state index in [2.05, 4.69) is 16.0 Å². The molecule has 4 N–H and O–H groups in total. The van der Waals surface area contributed by atoms with E-state index >= 15 is 0 Å². The Morgan fingerprint density at radius 2 is 1.21 bits per heavy atom. The highest BCUT2D eigenvalue weighted by Crippen LogP contribution is 2.23. The quantitative estimate of drug-likeness (QED) is 0.154. The van der Waals surface area contributed by atoms with Crippen LogP contribution in [0.2, 0.25) is 0 Å². The topological polar surface area (TPSA) is 152 Å². The van der Waals surface area contributed by atoms with E-state index in [1.165, 1.54) is 0 Å². The second-order valence-electron chi connectivity index (χ2n) is 10.7. The smallest absolute Gasteiger partial charge is 0.412 e. The van der Waals surface area contributed by atoms with Gasteiger partial charge in [-0.25, -0.2) is 9.59 Å². The van der Waals surface area contributed by atoms with Crippen LogP contribution >= 0.6 is 0 Å². The molecule has 0 saturated carbocycles. The molecule has 11 nitrogen and oxygen atoms in total. The molecule has 11 heteroatoms. The molecule has 0 unspecified atom stereocenters. The maximum Gasteiger partial charge on any atom is 0.412 e. The number of ether oxygens (including phenoxy) is 3. The molecule has 0 aromatic heterocycles. The van der Waals surface area contributed by atoms with Crippen molar-refractivity contribution in [3.63, 3.8) is 0 Å². The summed E-state index contributed by atoms with van der Waals surface area (Å²) in [5, 5.41) is 16.7. The number of hydrogen-bond acceptors (Lipinski definition) is 7. The Hall–Kier alpha value is -3.96. The molecule has 0 aliphatic carbocycles. The van der Waals surface area contributed by atoms with Crippen LogP contribution in [0, 0.1) is 0 Å². The zero-order chi connectivity index (χ0) is 30.8. The standard InChI is InChI=1S/C31H43N3O8/c1-31(2,3)42-30(39)34-26-14-10-9-13-25(26)33-29(38)23-15-17-24(18-16-23)32-27(35)21-40-19-11-7-5-4-6-8-12-20-41-22-28(36)37/h9-10,13-18H,4-8,11-12,19-22H2,1-3H3,(H,32,35)(H,33,38)(H,34,39)(H,36,37). The number of benzene rings is 2. The largest absolute Gasteiger partial charge is 0.480 e. The van der Waals surface area contributed by atoms with Gasteiger partial charge in [-0.2, -0.15) is 0 Å². The predicted molar refractivity (Wildman–Crippen MR) is 161 cm³/mol. The molecule has 0 aliphatic heterocycles. The summed E-state index contributed by atoms with van der Waals surface area (Å²) in [6.07, 6.45) is 6.41. The van der Waals surface area contributed by atoms with Crippen molar-refractivity contribution in [3.05, 3.63) is 54.1 Å². The van der Waals surface area contributed by atoms with E-state index in [4.69, 9.17) is 19.3 Å². The highest BCUT2D eigenvalue weighted by molar-refractivity contribution is 6.07. The zero-order valence-corrected chi connectivity index (χ0v) is 24.7. The van der Waals surface area contributed by atoms with Gasteiger partial charge in [-0.3, -0.25) is 14.9 Å². The maximum absolute atomic E-state index is 12.8. The van der Waals surface area contributed by atoms with Crippen LogP contribution in [0.1, 0.15) is 76.1 Å². The summed E-state index contributed by atoms with van der Waals surface area (Å²) in [4.78, 5) is 47.5. The Labute approximate surface area is 247 Å². The number of amides is 3. The molecule has 42 heavy (non-hydrogen) atoms. The van der Waals surface area contributed by atoms with Crippen molar-refractivity contribution in [3.8, 4) is 0 Å². The van der Waals surface area contributed by atoms with Crippen LogP contribution < -0.4 is 16.0 Å². The van der Waals surface area contributed by atoms with Gasteiger partial charge >= 0.3 is 12.1 Å². The first-order valence-electron chi connectivity index (χ1n) is 14.2. The number of carboxylic acid groups (broad SMARTS) is 1. The summed E-state index contributed by atoms with van der Waals surface area (Å²) in [5.41, 5.74) is 1.09. The van der Waals surface area contributed by atoms with Crippen molar-refractivity contribution in [2.45, 2.75) is 71.3 Å². The second kappa shape index (κ2) is 18.5.